The highest BCUT2D eigenvalue weighted by Crippen LogP contribution is 2.51. The van der Waals surface area contributed by atoms with Crippen molar-refractivity contribution < 1.29 is 37.1 Å². The van der Waals surface area contributed by atoms with Crippen molar-refractivity contribution >= 4 is 44.7 Å². The summed E-state index contributed by atoms with van der Waals surface area (Å²) in [6, 6.07) is 5.92. The van der Waals surface area contributed by atoms with Crippen molar-refractivity contribution in [2.75, 3.05) is 6.54 Å². The van der Waals surface area contributed by atoms with Gasteiger partial charge in [-0.05, 0) is 115 Å². The van der Waals surface area contributed by atoms with Crippen LogP contribution in [0.4, 0.5) is 4.79 Å². The molecule has 9 atom stereocenters. The Kier molecular flexibility index (Phi) is 9.83. The van der Waals surface area contributed by atoms with Crippen LogP contribution >= 0.6 is 0 Å². The van der Waals surface area contributed by atoms with Crippen molar-refractivity contribution in [3.05, 3.63) is 47.7 Å². The van der Waals surface area contributed by atoms with E-state index in [4.69, 9.17) is 14.5 Å². The predicted molar refractivity (Wildman–Crippen MR) is 216 cm³/mol. The standard InChI is InChI=1S/C44H57N5O8S/c1-26-28-15-16-30(26)36(23-28)56-41(53)46-34-14-8-6-4-5-7-11-29-17-20-44(29,40(52)48-58(54,55)42(3)21-22-42)47-38(50)35-24-43(25-49(35)39(34)51)19-18-32-31-12-9-10-13-33(31)45-27(2)37(32)57-43/h7,9-13,26,28-30,34-36H,4-6,8,14-25H2,1-3H3,(H,46,53)(H,47,50)(H,48,52). The zero-order valence-electron chi connectivity index (χ0n) is 33.9. The average Bonchev–Trinajstić information content (AvgIpc) is 3.59. The van der Waals surface area contributed by atoms with Crippen LogP contribution in [0.25, 0.3) is 10.9 Å². The van der Waals surface area contributed by atoms with E-state index in [1.807, 2.05) is 43.3 Å². The number of pyridine rings is 1. The molecule has 2 aromatic rings. The van der Waals surface area contributed by atoms with E-state index in [1.165, 1.54) is 4.90 Å². The Balaban J connectivity index is 1.04. The van der Waals surface area contributed by atoms with E-state index in [2.05, 4.69) is 22.3 Å². The summed E-state index contributed by atoms with van der Waals surface area (Å²) in [4.78, 5) is 64.1. The van der Waals surface area contributed by atoms with Gasteiger partial charge in [0.15, 0.2) is 0 Å². The number of amides is 4. The third-order valence-corrected chi connectivity index (χ3v) is 17.4. The number of aryl methyl sites for hydroxylation is 2. The van der Waals surface area contributed by atoms with Crippen LogP contribution in [0.2, 0.25) is 0 Å². The van der Waals surface area contributed by atoms with Crippen molar-refractivity contribution in [3.8, 4) is 5.75 Å². The molecule has 9 rings (SSSR count). The summed E-state index contributed by atoms with van der Waals surface area (Å²) in [6.07, 6.45) is 12.6. The van der Waals surface area contributed by atoms with E-state index in [-0.39, 0.29) is 25.5 Å². The lowest BCUT2D eigenvalue weighted by Gasteiger charge is -2.48. The predicted octanol–water partition coefficient (Wildman–Crippen LogP) is 5.52. The summed E-state index contributed by atoms with van der Waals surface area (Å²) in [5.41, 5.74) is 0.160. The Bertz CT molecular complexity index is 2170. The van der Waals surface area contributed by atoms with E-state index < -0.39 is 67.7 Å². The summed E-state index contributed by atoms with van der Waals surface area (Å²) >= 11 is 0. The number of fused-ring (bicyclic) bond motifs is 7. The minimum atomic E-state index is -3.99. The normalized spacial score (nSPS) is 35.4. The molecule has 9 unspecified atom stereocenters. The summed E-state index contributed by atoms with van der Waals surface area (Å²) in [6.45, 7) is 5.84. The fourth-order valence-electron chi connectivity index (χ4n) is 11.1. The molecule has 14 heteroatoms. The number of para-hydroxylation sites is 1. The average molecular weight is 816 g/mol. The highest BCUT2D eigenvalue weighted by Gasteiger charge is 2.60. The zero-order chi connectivity index (χ0) is 40.6. The lowest BCUT2D eigenvalue weighted by molar-refractivity contribution is -0.144. The molecule has 13 nitrogen and oxygen atoms in total. The quantitative estimate of drug-likeness (QED) is 0.329. The van der Waals surface area contributed by atoms with Crippen LogP contribution in [0.15, 0.2) is 36.4 Å². The van der Waals surface area contributed by atoms with Gasteiger partial charge >= 0.3 is 6.09 Å². The molecule has 2 bridgehead atoms. The van der Waals surface area contributed by atoms with Crippen molar-refractivity contribution in [2.24, 2.45) is 23.7 Å². The van der Waals surface area contributed by atoms with Crippen LogP contribution in [-0.4, -0.2) is 82.7 Å². The van der Waals surface area contributed by atoms with Gasteiger partial charge in [0.2, 0.25) is 21.8 Å². The number of carbonyl (C=O) groups is 4. The van der Waals surface area contributed by atoms with Crippen LogP contribution in [0, 0.1) is 30.6 Å². The van der Waals surface area contributed by atoms with Gasteiger partial charge in [0, 0.05) is 23.3 Å². The number of aromatic nitrogens is 1. The molecule has 1 saturated heterocycles. The summed E-state index contributed by atoms with van der Waals surface area (Å²) in [5.74, 6) is -0.115. The molecule has 1 spiro atoms. The topological polar surface area (TPSA) is 173 Å². The molecule has 1 aromatic heterocycles. The number of alkyl carbamates (subject to hydrolysis) is 1. The van der Waals surface area contributed by atoms with Crippen LogP contribution in [0.1, 0.15) is 115 Å². The molecular formula is C44H57N5O8S. The number of hydrogen-bond donors (Lipinski definition) is 3. The van der Waals surface area contributed by atoms with Gasteiger partial charge < -0.3 is 25.0 Å². The first kappa shape index (κ1) is 39.3. The number of nitrogens with zero attached hydrogens (tertiary/aromatic N) is 2. The first-order valence-corrected chi connectivity index (χ1v) is 23.1. The third-order valence-electron chi connectivity index (χ3n) is 15.2. The van der Waals surface area contributed by atoms with E-state index in [9.17, 15) is 27.6 Å². The minimum absolute atomic E-state index is 0.0853. The van der Waals surface area contributed by atoms with Gasteiger partial charge in [-0.3, -0.25) is 19.1 Å². The molecule has 3 aliphatic heterocycles. The van der Waals surface area contributed by atoms with Crippen molar-refractivity contribution in [2.45, 2.75) is 151 Å². The molecule has 312 valence electrons. The van der Waals surface area contributed by atoms with Gasteiger partial charge in [-0.25, -0.2) is 18.2 Å². The molecule has 1 aromatic carbocycles. The van der Waals surface area contributed by atoms with Crippen molar-refractivity contribution in [1.29, 1.82) is 0 Å². The first-order valence-electron chi connectivity index (χ1n) is 21.6. The molecule has 0 radical (unpaired) electrons. The lowest BCUT2D eigenvalue weighted by Crippen LogP contribution is -2.70. The van der Waals surface area contributed by atoms with Gasteiger partial charge in [0.1, 0.15) is 35.1 Å². The molecule has 4 aliphatic carbocycles. The molecule has 7 aliphatic rings. The number of allylic oxidation sites excluding steroid dienone is 1. The maximum absolute atomic E-state index is 15.0. The summed E-state index contributed by atoms with van der Waals surface area (Å²) in [7, 11) is -3.99. The number of hydrogen-bond acceptors (Lipinski definition) is 9. The number of sulfonamides is 1. The van der Waals surface area contributed by atoms with Gasteiger partial charge in [0.05, 0.1) is 22.5 Å². The molecule has 4 amide bonds. The summed E-state index contributed by atoms with van der Waals surface area (Å²) < 4.78 is 41.0. The molecule has 3 N–H and O–H groups in total. The van der Waals surface area contributed by atoms with Crippen molar-refractivity contribution in [3.63, 3.8) is 0 Å². The van der Waals surface area contributed by atoms with E-state index in [0.29, 0.717) is 74.9 Å². The van der Waals surface area contributed by atoms with Crippen molar-refractivity contribution in [1.82, 2.24) is 25.2 Å². The fraction of sp³-hybridized carbons (Fsp3) is 0.659. The highest BCUT2D eigenvalue weighted by atomic mass is 32.2. The first-order chi connectivity index (χ1) is 27.7. The van der Waals surface area contributed by atoms with Gasteiger partial charge in [-0.2, -0.15) is 0 Å². The molecule has 58 heavy (non-hydrogen) atoms. The number of ether oxygens (including phenoxy) is 2. The number of benzene rings is 1. The zero-order valence-corrected chi connectivity index (χ0v) is 34.7. The Morgan fingerprint density at radius 2 is 1.84 bits per heavy atom. The maximum atomic E-state index is 15.0. The molecule has 4 saturated carbocycles. The van der Waals surface area contributed by atoms with Gasteiger partial charge in [-0.15, -0.1) is 0 Å². The minimum Gasteiger partial charge on any atom is -0.483 e. The third kappa shape index (κ3) is 6.74. The van der Waals surface area contributed by atoms with Crippen LogP contribution in [0.3, 0.4) is 0 Å². The Hall–Kier alpha value is -4.20. The molecular weight excluding hydrogens is 759 g/mol. The van der Waals surface area contributed by atoms with E-state index >= 15 is 0 Å². The Morgan fingerprint density at radius 3 is 2.57 bits per heavy atom. The number of rotatable bonds is 5. The van der Waals surface area contributed by atoms with Gasteiger partial charge in [-0.1, -0.05) is 50.1 Å². The van der Waals surface area contributed by atoms with Gasteiger partial charge in [0.25, 0.3) is 5.91 Å². The van der Waals surface area contributed by atoms with E-state index in [0.717, 1.165) is 54.3 Å². The molecule has 5 fully saturated rings. The lowest BCUT2D eigenvalue weighted by atomic mass is 9.65. The second kappa shape index (κ2) is 14.5. The summed E-state index contributed by atoms with van der Waals surface area (Å²) in [5, 5.41) is 6.99. The maximum Gasteiger partial charge on any atom is 0.408 e. The number of carbonyl (C=O) groups excluding carboxylic acids is 4. The second-order valence-electron chi connectivity index (χ2n) is 18.8. The largest absolute Gasteiger partial charge is 0.483 e. The monoisotopic (exact) mass is 815 g/mol. The SMILES string of the molecule is Cc1nc2ccccc2c2c1OC1(CC2)CC2C(=O)NC3(C(=O)NS(=O)(=O)C4(C)CC4)CCC3C=CCCCCCC(NC(=O)OC3CC4CCC3C4C)C(=O)N2C1. The second-order valence-corrected chi connectivity index (χ2v) is 21.0. The molecule has 4 heterocycles. The smallest absolute Gasteiger partial charge is 0.408 e. The Labute approximate surface area is 340 Å². The Morgan fingerprint density at radius 1 is 1.03 bits per heavy atom. The van der Waals surface area contributed by atoms with Crippen LogP contribution in [0.5, 0.6) is 5.75 Å². The fourth-order valence-corrected chi connectivity index (χ4v) is 12.4. The van der Waals surface area contributed by atoms with E-state index in [1.54, 1.807) is 6.92 Å². The van der Waals surface area contributed by atoms with Crippen LogP contribution in [-0.2, 0) is 35.6 Å². The van der Waals surface area contributed by atoms with Crippen LogP contribution < -0.4 is 20.1 Å². The highest BCUT2D eigenvalue weighted by molar-refractivity contribution is 7.91. The number of nitrogens with one attached hydrogen (secondary N) is 3.